The van der Waals surface area contributed by atoms with Crippen LogP contribution in [0, 0.1) is 0 Å². The van der Waals surface area contributed by atoms with Gasteiger partial charge in [0.25, 0.3) is 11.8 Å². The maximum atomic E-state index is 14.0. The van der Waals surface area contributed by atoms with Crippen molar-refractivity contribution in [3.63, 3.8) is 0 Å². The number of fused-ring (bicyclic) bond motifs is 1. The molecule has 2 N–H and O–H groups in total. The van der Waals surface area contributed by atoms with Gasteiger partial charge in [0.05, 0.1) is 17.3 Å². The minimum atomic E-state index is -4.63. The Morgan fingerprint density at radius 1 is 1.14 bits per heavy atom. The summed E-state index contributed by atoms with van der Waals surface area (Å²) in [6, 6.07) is 4.78. The van der Waals surface area contributed by atoms with E-state index in [4.69, 9.17) is 11.6 Å². The quantitative estimate of drug-likeness (QED) is 0.415. The van der Waals surface area contributed by atoms with E-state index in [0.717, 1.165) is 16.9 Å². The number of hydrogen-bond donors (Lipinski definition) is 2. The molecule has 2 aromatic heterocycles. The van der Waals surface area contributed by atoms with Crippen LogP contribution in [0.3, 0.4) is 0 Å². The molecule has 1 fully saturated rings. The van der Waals surface area contributed by atoms with E-state index in [9.17, 15) is 26.7 Å². The van der Waals surface area contributed by atoms with Crippen LogP contribution in [0.25, 0.3) is 10.9 Å². The zero-order chi connectivity index (χ0) is 25.5. The van der Waals surface area contributed by atoms with Crippen molar-refractivity contribution in [1.82, 2.24) is 20.1 Å². The van der Waals surface area contributed by atoms with Crippen molar-refractivity contribution >= 4 is 34.1 Å². The molecule has 1 amide bonds. The Morgan fingerprint density at radius 3 is 2.54 bits per heavy atom. The van der Waals surface area contributed by atoms with Crippen LogP contribution in [-0.4, -0.2) is 32.8 Å². The van der Waals surface area contributed by atoms with E-state index in [1.54, 1.807) is 6.07 Å². The number of aromatic nitrogens is 3. The van der Waals surface area contributed by atoms with Gasteiger partial charge in [-0.2, -0.15) is 27.1 Å². The lowest BCUT2D eigenvalue weighted by Crippen LogP contribution is -2.42. The highest BCUT2D eigenvalue weighted by molar-refractivity contribution is 6.31. The average molecular weight is 516 g/mol. The molecule has 1 saturated carbocycles. The number of benzene rings is 1. The molecule has 188 valence electrons. The van der Waals surface area contributed by atoms with E-state index < -0.39 is 29.4 Å². The standard InChI is InChI=1S/C23H23ClF5N5O/c1-22(25,26)20-16(11-30-34(20)2)21(35)32-14-5-3-4-13(9-14)31-18-10-19(23(27,28)29)33-17-7-6-12(24)8-15(17)18/h6-8,10-11,13-14H,3-5,9H2,1-2H3,(H,31,33)(H,32,35)/t13-,14+/m0/s1. The second-order valence-corrected chi connectivity index (χ2v) is 9.25. The lowest BCUT2D eigenvalue weighted by molar-refractivity contribution is -0.140. The lowest BCUT2D eigenvalue weighted by Gasteiger charge is -2.31. The van der Waals surface area contributed by atoms with E-state index in [2.05, 4.69) is 20.7 Å². The van der Waals surface area contributed by atoms with Crippen LogP contribution in [0.1, 0.15) is 54.4 Å². The summed E-state index contributed by atoms with van der Waals surface area (Å²) in [6.45, 7) is 0.696. The monoisotopic (exact) mass is 515 g/mol. The molecule has 3 aromatic rings. The molecule has 0 radical (unpaired) electrons. The van der Waals surface area contributed by atoms with Crippen molar-refractivity contribution < 1.29 is 26.7 Å². The third-order valence-corrected chi connectivity index (χ3v) is 6.26. The Kier molecular flexibility index (Phi) is 6.65. The summed E-state index contributed by atoms with van der Waals surface area (Å²) in [7, 11) is 1.34. The summed E-state index contributed by atoms with van der Waals surface area (Å²) >= 11 is 6.06. The number of anilines is 1. The van der Waals surface area contributed by atoms with E-state index in [1.165, 1.54) is 19.2 Å². The first-order chi connectivity index (χ1) is 16.3. The number of nitrogens with zero attached hydrogens (tertiary/aromatic N) is 3. The summed E-state index contributed by atoms with van der Waals surface area (Å²) in [6.07, 6.45) is -1.18. The molecule has 12 heteroatoms. The summed E-state index contributed by atoms with van der Waals surface area (Å²) in [5.74, 6) is -3.92. The maximum absolute atomic E-state index is 14.0. The van der Waals surface area contributed by atoms with Gasteiger partial charge in [0.1, 0.15) is 11.4 Å². The van der Waals surface area contributed by atoms with Crippen LogP contribution in [0.2, 0.25) is 5.02 Å². The number of carbonyl (C=O) groups is 1. The molecular weight excluding hydrogens is 493 g/mol. The fourth-order valence-corrected chi connectivity index (χ4v) is 4.69. The first kappa shape index (κ1) is 25.2. The third-order valence-electron chi connectivity index (χ3n) is 6.03. The molecule has 0 saturated heterocycles. The molecule has 1 aromatic carbocycles. The number of alkyl halides is 5. The highest BCUT2D eigenvalue weighted by atomic mass is 35.5. The zero-order valence-corrected chi connectivity index (χ0v) is 19.6. The Labute approximate surface area is 202 Å². The first-order valence-electron chi connectivity index (χ1n) is 11.0. The van der Waals surface area contributed by atoms with Gasteiger partial charge in [-0.15, -0.1) is 0 Å². The summed E-state index contributed by atoms with van der Waals surface area (Å²) < 4.78 is 69.2. The van der Waals surface area contributed by atoms with Crippen LogP contribution in [0.5, 0.6) is 0 Å². The molecule has 35 heavy (non-hydrogen) atoms. The Hall–Kier alpha value is -2.95. The number of amides is 1. The Bertz CT molecular complexity index is 1250. The number of hydrogen-bond acceptors (Lipinski definition) is 4. The second kappa shape index (κ2) is 9.25. The number of halogens is 6. The molecule has 0 bridgehead atoms. The molecule has 1 aliphatic carbocycles. The molecule has 0 unspecified atom stereocenters. The molecule has 1 aliphatic rings. The predicted octanol–water partition coefficient (Wildman–Crippen LogP) is 5.91. The fraction of sp³-hybridized carbons (Fsp3) is 0.435. The molecule has 2 heterocycles. The van der Waals surface area contributed by atoms with E-state index in [-0.39, 0.29) is 28.9 Å². The van der Waals surface area contributed by atoms with E-state index in [1.807, 2.05) is 0 Å². The second-order valence-electron chi connectivity index (χ2n) is 8.81. The van der Waals surface area contributed by atoms with Gasteiger partial charge >= 0.3 is 6.18 Å². The largest absolute Gasteiger partial charge is 0.433 e. The Morgan fingerprint density at radius 2 is 1.86 bits per heavy atom. The fourth-order valence-electron chi connectivity index (χ4n) is 4.52. The molecule has 0 spiro atoms. The van der Waals surface area contributed by atoms with Crippen molar-refractivity contribution in [3.8, 4) is 0 Å². The SMILES string of the molecule is Cn1ncc(C(=O)N[C@@H]2CCC[C@H](Nc3cc(C(F)(F)F)nc4ccc(Cl)cc34)C2)c1C(C)(F)F. The minimum Gasteiger partial charge on any atom is -0.382 e. The van der Waals surface area contributed by atoms with Crippen LogP contribution < -0.4 is 10.6 Å². The van der Waals surface area contributed by atoms with Crippen LogP contribution >= 0.6 is 11.6 Å². The van der Waals surface area contributed by atoms with Crippen LogP contribution in [-0.2, 0) is 19.1 Å². The lowest BCUT2D eigenvalue weighted by atomic mass is 9.90. The molecule has 0 aliphatic heterocycles. The van der Waals surface area contributed by atoms with Gasteiger partial charge in [0.2, 0.25) is 0 Å². The van der Waals surface area contributed by atoms with Gasteiger partial charge in [-0.25, -0.2) is 4.98 Å². The smallest absolute Gasteiger partial charge is 0.382 e. The van der Waals surface area contributed by atoms with Gasteiger partial charge < -0.3 is 10.6 Å². The van der Waals surface area contributed by atoms with Crippen molar-refractivity contribution in [2.24, 2.45) is 7.05 Å². The minimum absolute atomic E-state index is 0.150. The van der Waals surface area contributed by atoms with Crippen molar-refractivity contribution in [1.29, 1.82) is 0 Å². The van der Waals surface area contributed by atoms with Crippen LogP contribution in [0.15, 0.2) is 30.5 Å². The highest BCUT2D eigenvalue weighted by Crippen LogP contribution is 2.35. The van der Waals surface area contributed by atoms with Crippen molar-refractivity contribution in [2.45, 2.75) is 56.8 Å². The molecular formula is C23H23ClF5N5O. The third kappa shape index (κ3) is 5.50. The summed E-state index contributed by atoms with van der Waals surface area (Å²) in [5, 5.41) is 10.5. The van der Waals surface area contributed by atoms with Gasteiger partial charge in [-0.05, 0) is 49.9 Å². The van der Waals surface area contributed by atoms with E-state index >= 15 is 0 Å². The van der Waals surface area contributed by atoms with Gasteiger partial charge in [0, 0.05) is 42.2 Å². The predicted molar refractivity (Wildman–Crippen MR) is 122 cm³/mol. The van der Waals surface area contributed by atoms with Gasteiger partial charge in [0.15, 0.2) is 0 Å². The normalized spacial score (nSPS) is 19.1. The Balaban J connectivity index is 1.54. The number of aryl methyl sites for hydroxylation is 1. The average Bonchev–Trinajstić information content (AvgIpc) is 3.15. The van der Waals surface area contributed by atoms with Crippen LogP contribution in [0.4, 0.5) is 27.6 Å². The maximum Gasteiger partial charge on any atom is 0.433 e. The van der Waals surface area contributed by atoms with Gasteiger partial charge in [-0.1, -0.05) is 11.6 Å². The topological polar surface area (TPSA) is 71.8 Å². The summed E-state index contributed by atoms with van der Waals surface area (Å²) in [5.41, 5.74) is -1.33. The molecule has 2 atom stereocenters. The molecule has 6 nitrogen and oxygen atoms in total. The first-order valence-corrected chi connectivity index (χ1v) is 11.4. The van der Waals surface area contributed by atoms with Crippen molar-refractivity contribution in [3.05, 3.63) is 52.4 Å². The number of nitrogens with one attached hydrogen (secondary N) is 2. The van der Waals surface area contributed by atoms with Gasteiger partial charge in [-0.3, -0.25) is 9.48 Å². The zero-order valence-electron chi connectivity index (χ0n) is 18.9. The number of pyridine rings is 1. The number of rotatable bonds is 5. The van der Waals surface area contributed by atoms with Crippen molar-refractivity contribution in [2.75, 3.05) is 5.32 Å². The van der Waals surface area contributed by atoms with E-state index in [0.29, 0.717) is 43.0 Å². The molecule has 4 rings (SSSR count). The number of carbonyl (C=O) groups excluding carboxylic acids is 1. The summed E-state index contributed by atoms with van der Waals surface area (Å²) in [4.78, 5) is 16.5. The highest BCUT2D eigenvalue weighted by Gasteiger charge is 2.36.